The van der Waals surface area contributed by atoms with Crippen molar-refractivity contribution in [3.05, 3.63) is 89.4 Å². The number of nitrogens with zero attached hydrogens (tertiary/aromatic N) is 3. The van der Waals surface area contributed by atoms with E-state index in [-0.39, 0.29) is 18.5 Å². The topological polar surface area (TPSA) is 78.3 Å². The number of amides is 3. The summed E-state index contributed by atoms with van der Waals surface area (Å²) in [5.41, 5.74) is 2.94. The third kappa shape index (κ3) is 8.96. The summed E-state index contributed by atoms with van der Waals surface area (Å²) in [7, 11) is 0. The molecular weight excluding hydrogens is 504 g/mol. The van der Waals surface area contributed by atoms with Gasteiger partial charge in [-0.25, -0.2) is 4.79 Å². The normalized spacial score (nSPS) is 13.8. The van der Waals surface area contributed by atoms with E-state index in [9.17, 15) is 9.59 Å². The second-order valence-corrected chi connectivity index (χ2v) is 10.7. The lowest BCUT2D eigenvalue weighted by atomic mass is 10.0. The van der Waals surface area contributed by atoms with E-state index in [1.54, 1.807) is 9.80 Å². The third-order valence-corrected chi connectivity index (χ3v) is 7.16. The lowest BCUT2D eigenvalue weighted by Gasteiger charge is -2.30. The minimum atomic E-state index is -0.277. The number of benzene rings is 2. The minimum Gasteiger partial charge on any atom is -0.464 e. The van der Waals surface area contributed by atoms with Crippen molar-refractivity contribution in [2.24, 2.45) is 0 Å². The molecule has 8 nitrogen and oxygen atoms in total. The Morgan fingerprint density at radius 2 is 1.65 bits per heavy atom. The van der Waals surface area contributed by atoms with Crippen LogP contribution in [-0.2, 0) is 22.6 Å². The summed E-state index contributed by atoms with van der Waals surface area (Å²) in [6.07, 6.45) is 0.767. The molecule has 8 heteroatoms. The van der Waals surface area contributed by atoms with Crippen LogP contribution in [0, 0.1) is 6.92 Å². The molecule has 2 heterocycles. The van der Waals surface area contributed by atoms with Crippen LogP contribution in [0.1, 0.15) is 48.8 Å². The Balaban J connectivity index is 1.47. The van der Waals surface area contributed by atoms with Gasteiger partial charge in [0.15, 0.2) is 0 Å². The molecular formula is C32H42N4O4. The quantitative estimate of drug-likeness (QED) is 0.325. The van der Waals surface area contributed by atoms with Crippen LogP contribution in [0.4, 0.5) is 10.5 Å². The molecule has 4 rings (SSSR count). The molecule has 214 valence electrons. The first-order valence-corrected chi connectivity index (χ1v) is 14.2. The third-order valence-electron chi connectivity index (χ3n) is 7.16. The summed E-state index contributed by atoms with van der Waals surface area (Å²) in [5, 5.41) is 3.01. The van der Waals surface area contributed by atoms with Gasteiger partial charge in [-0.05, 0) is 54.7 Å². The minimum absolute atomic E-state index is 0.0223. The molecule has 0 bridgehead atoms. The molecule has 1 aromatic heterocycles. The van der Waals surface area contributed by atoms with Gasteiger partial charge in [0, 0.05) is 38.4 Å². The zero-order valence-corrected chi connectivity index (χ0v) is 24.0. The number of aryl methyl sites for hydroxylation is 1. The van der Waals surface area contributed by atoms with Crippen LogP contribution in [0.5, 0.6) is 0 Å². The SMILES string of the molecule is Cc1ccc(CN(Cc2ccccc2)C(=O)CN(CCCN2CCOCC2)C(=O)Nc2ccc(C(C)C)cc2)o1. The standard InChI is InChI=1S/C32H42N4O4/c1-25(2)28-11-13-29(14-12-28)33-32(38)35(17-7-16-34-18-20-39-21-19-34)24-31(37)36(22-27-8-5-4-6-9-27)23-30-15-10-26(3)40-30/h4-6,8-15,25H,7,16-24H2,1-3H3,(H,33,38). The van der Waals surface area contributed by atoms with E-state index < -0.39 is 0 Å². The highest BCUT2D eigenvalue weighted by atomic mass is 16.5. The fraction of sp³-hybridized carbons (Fsp3) is 0.438. The number of carbonyl (C=O) groups is 2. The number of urea groups is 1. The predicted molar refractivity (Wildman–Crippen MR) is 157 cm³/mol. The van der Waals surface area contributed by atoms with Crippen molar-refractivity contribution in [3.63, 3.8) is 0 Å². The number of carbonyl (C=O) groups excluding carboxylic acids is 2. The van der Waals surface area contributed by atoms with E-state index in [2.05, 4.69) is 24.1 Å². The van der Waals surface area contributed by atoms with Gasteiger partial charge in [-0.1, -0.05) is 56.3 Å². The van der Waals surface area contributed by atoms with Crippen LogP contribution in [0.25, 0.3) is 0 Å². The van der Waals surface area contributed by atoms with Gasteiger partial charge in [0.2, 0.25) is 5.91 Å². The number of anilines is 1. The molecule has 1 N–H and O–H groups in total. The first kappa shape index (κ1) is 29.4. The Labute approximate surface area is 237 Å². The number of furan rings is 1. The largest absolute Gasteiger partial charge is 0.464 e. The van der Waals surface area contributed by atoms with E-state index >= 15 is 0 Å². The van der Waals surface area contributed by atoms with E-state index in [4.69, 9.17) is 9.15 Å². The summed E-state index contributed by atoms with van der Waals surface area (Å²) < 4.78 is 11.2. The summed E-state index contributed by atoms with van der Waals surface area (Å²) in [6.45, 7) is 11.5. The highest BCUT2D eigenvalue weighted by Crippen LogP contribution is 2.18. The van der Waals surface area contributed by atoms with Gasteiger partial charge >= 0.3 is 6.03 Å². The maximum atomic E-state index is 13.7. The molecule has 0 atom stereocenters. The Morgan fingerprint density at radius 3 is 2.30 bits per heavy atom. The highest BCUT2D eigenvalue weighted by Gasteiger charge is 2.23. The van der Waals surface area contributed by atoms with Gasteiger partial charge in [-0.15, -0.1) is 0 Å². The van der Waals surface area contributed by atoms with Crippen molar-refractivity contribution >= 4 is 17.6 Å². The second kappa shape index (κ2) is 14.7. The van der Waals surface area contributed by atoms with E-state index in [1.807, 2.05) is 73.7 Å². The first-order valence-electron chi connectivity index (χ1n) is 14.2. The Kier molecular flexibility index (Phi) is 10.8. The van der Waals surface area contributed by atoms with Crippen LogP contribution in [0.3, 0.4) is 0 Å². The molecule has 40 heavy (non-hydrogen) atoms. The van der Waals surface area contributed by atoms with Crippen molar-refractivity contribution in [2.75, 3.05) is 51.3 Å². The van der Waals surface area contributed by atoms with E-state index in [0.717, 1.165) is 56.4 Å². The lowest BCUT2D eigenvalue weighted by molar-refractivity contribution is -0.133. The molecule has 0 spiro atoms. The Bertz CT molecular complexity index is 1200. The first-order chi connectivity index (χ1) is 19.4. The smallest absolute Gasteiger partial charge is 0.322 e. The van der Waals surface area contributed by atoms with E-state index in [1.165, 1.54) is 5.56 Å². The highest BCUT2D eigenvalue weighted by molar-refractivity contribution is 5.92. The van der Waals surface area contributed by atoms with Gasteiger partial charge in [-0.2, -0.15) is 0 Å². The molecule has 1 saturated heterocycles. The molecule has 3 aromatic rings. The molecule has 3 amide bonds. The van der Waals surface area contributed by atoms with Crippen LogP contribution < -0.4 is 5.32 Å². The Morgan fingerprint density at radius 1 is 0.925 bits per heavy atom. The summed E-state index contributed by atoms with van der Waals surface area (Å²) in [6, 6.07) is 21.3. The second-order valence-electron chi connectivity index (χ2n) is 10.7. The zero-order valence-electron chi connectivity index (χ0n) is 24.0. The van der Waals surface area contributed by atoms with Crippen molar-refractivity contribution in [2.45, 2.75) is 46.2 Å². The van der Waals surface area contributed by atoms with Crippen molar-refractivity contribution < 1.29 is 18.7 Å². The molecule has 2 aromatic carbocycles. The molecule has 0 unspecified atom stereocenters. The van der Waals surface area contributed by atoms with E-state index in [0.29, 0.717) is 31.2 Å². The van der Waals surface area contributed by atoms with Gasteiger partial charge in [0.1, 0.15) is 18.1 Å². The monoisotopic (exact) mass is 546 g/mol. The van der Waals surface area contributed by atoms with Crippen molar-refractivity contribution in [1.29, 1.82) is 0 Å². The van der Waals surface area contributed by atoms with Crippen LogP contribution in [-0.4, -0.2) is 72.6 Å². The fourth-order valence-electron chi connectivity index (χ4n) is 4.77. The fourth-order valence-corrected chi connectivity index (χ4v) is 4.77. The number of hydrogen-bond acceptors (Lipinski definition) is 5. The van der Waals surface area contributed by atoms with Crippen LogP contribution in [0.15, 0.2) is 71.1 Å². The summed E-state index contributed by atoms with van der Waals surface area (Å²) in [4.78, 5) is 33.0. The summed E-state index contributed by atoms with van der Waals surface area (Å²) in [5.74, 6) is 1.80. The zero-order chi connectivity index (χ0) is 28.3. The molecule has 0 aliphatic carbocycles. The molecule has 1 aliphatic heterocycles. The van der Waals surface area contributed by atoms with Crippen molar-refractivity contribution in [1.82, 2.24) is 14.7 Å². The number of morpholine rings is 1. The van der Waals surface area contributed by atoms with Crippen LogP contribution >= 0.6 is 0 Å². The van der Waals surface area contributed by atoms with Gasteiger partial charge in [-0.3, -0.25) is 9.69 Å². The lowest BCUT2D eigenvalue weighted by Crippen LogP contribution is -2.45. The number of nitrogens with one attached hydrogen (secondary N) is 1. The summed E-state index contributed by atoms with van der Waals surface area (Å²) >= 11 is 0. The molecule has 0 radical (unpaired) electrons. The van der Waals surface area contributed by atoms with Gasteiger partial charge < -0.3 is 24.3 Å². The van der Waals surface area contributed by atoms with Crippen molar-refractivity contribution in [3.8, 4) is 0 Å². The molecule has 1 aliphatic rings. The van der Waals surface area contributed by atoms with Crippen LogP contribution in [0.2, 0.25) is 0 Å². The molecule has 0 saturated carbocycles. The number of rotatable bonds is 12. The Hall–Kier alpha value is -3.62. The van der Waals surface area contributed by atoms with Gasteiger partial charge in [0.05, 0.1) is 19.8 Å². The average molecular weight is 547 g/mol. The predicted octanol–water partition coefficient (Wildman–Crippen LogP) is 5.50. The molecule has 1 fully saturated rings. The number of ether oxygens (including phenoxy) is 1. The van der Waals surface area contributed by atoms with Gasteiger partial charge in [0.25, 0.3) is 0 Å². The number of hydrogen-bond donors (Lipinski definition) is 1. The maximum Gasteiger partial charge on any atom is 0.322 e. The maximum absolute atomic E-state index is 13.7. The average Bonchev–Trinajstić information content (AvgIpc) is 3.37.